The lowest BCUT2D eigenvalue weighted by atomic mass is 9.79. The van der Waals surface area contributed by atoms with E-state index in [0.29, 0.717) is 6.54 Å². The minimum Gasteiger partial charge on any atom is -0.496 e. The Morgan fingerprint density at radius 3 is 2.71 bits per heavy atom. The van der Waals surface area contributed by atoms with Crippen molar-refractivity contribution in [2.45, 2.75) is 26.2 Å². The summed E-state index contributed by atoms with van der Waals surface area (Å²) in [6.07, 6.45) is 3.55. The number of benzene rings is 1. The third-order valence-electron chi connectivity index (χ3n) is 3.87. The molecule has 1 unspecified atom stereocenters. The molecule has 1 aliphatic rings. The third-order valence-corrected chi connectivity index (χ3v) is 4.10. The van der Waals surface area contributed by atoms with Crippen molar-refractivity contribution in [1.82, 2.24) is 0 Å². The lowest BCUT2D eigenvalue weighted by Crippen LogP contribution is -2.31. The van der Waals surface area contributed by atoms with Crippen LogP contribution in [0.5, 0.6) is 5.75 Å². The van der Waals surface area contributed by atoms with Crippen molar-refractivity contribution in [2.75, 3.05) is 13.7 Å². The third kappa shape index (κ3) is 2.75. The van der Waals surface area contributed by atoms with Crippen molar-refractivity contribution in [1.29, 1.82) is 0 Å². The second-order valence-corrected chi connectivity index (χ2v) is 5.70. The maximum atomic E-state index is 6.05. The van der Waals surface area contributed by atoms with Gasteiger partial charge in [0.05, 0.1) is 7.11 Å². The zero-order valence-electron chi connectivity index (χ0n) is 10.5. The van der Waals surface area contributed by atoms with E-state index in [9.17, 15) is 0 Å². The van der Waals surface area contributed by atoms with Crippen molar-refractivity contribution in [3.05, 3.63) is 28.8 Å². The van der Waals surface area contributed by atoms with E-state index >= 15 is 0 Å². The standard InChI is InChI=1S/C14H20ClNO/c1-14(9-16,11-3-4-11)8-10-7-12(15)5-6-13(10)17-2/h5-7,11H,3-4,8-9,16H2,1-2H3. The fraction of sp³-hybridized carbons (Fsp3) is 0.571. The van der Waals surface area contributed by atoms with Gasteiger partial charge in [-0.3, -0.25) is 0 Å². The van der Waals surface area contributed by atoms with Gasteiger partial charge in [0.2, 0.25) is 0 Å². The van der Waals surface area contributed by atoms with Crippen LogP contribution in [-0.4, -0.2) is 13.7 Å². The van der Waals surface area contributed by atoms with Gasteiger partial charge in [-0.15, -0.1) is 0 Å². The largest absolute Gasteiger partial charge is 0.496 e. The highest BCUT2D eigenvalue weighted by molar-refractivity contribution is 6.30. The Bertz CT molecular complexity index is 403. The molecular weight excluding hydrogens is 234 g/mol. The molecule has 0 heterocycles. The van der Waals surface area contributed by atoms with Crippen LogP contribution in [0.4, 0.5) is 0 Å². The van der Waals surface area contributed by atoms with E-state index in [-0.39, 0.29) is 5.41 Å². The molecule has 2 N–H and O–H groups in total. The Hall–Kier alpha value is -0.730. The molecule has 94 valence electrons. The molecule has 0 radical (unpaired) electrons. The first-order chi connectivity index (χ1) is 8.09. The molecule has 1 aromatic rings. The summed E-state index contributed by atoms with van der Waals surface area (Å²) in [5.41, 5.74) is 7.30. The summed E-state index contributed by atoms with van der Waals surface area (Å²) in [5.74, 6) is 1.67. The summed E-state index contributed by atoms with van der Waals surface area (Å²) in [5, 5.41) is 0.760. The smallest absolute Gasteiger partial charge is 0.122 e. The molecule has 17 heavy (non-hydrogen) atoms. The van der Waals surface area contributed by atoms with E-state index in [4.69, 9.17) is 22.1 Å². The maximum Gasteiger partial charge on any atom is 0.122 e. The molecule has 1 aliphatic carbocycles. The van der Waals surface area contributed by atoms with Crippen molar-refractivity contribution in [3.63, 3.8) is 0 Å². The van der Waals surface area contributed by atoms with Crippen LogP contribution in [0.2, 0.25) is 5.02 Å². The number of methoxy groups -OCH3 is 1. The second kappa shape index (κ2) is 4.87. The highest BCUT2D eigenvalue weighted by Crippen LogP contribution is 2.47. The number of rotatable bonds is 5. The predicted molar refractivity (Wildman–Crippen MR) is 71.6 cm³/mol. The van der Waals surface area contributed by atoms with E-state index in [1.54, 1.807) is 7.11 Å². The molecule has 0 spiro atoms. The SMILES string of the molecule is COc1ccc(Cl)cc1CC(C)(CN)C1CC1. The highest BCUT2D eigenvalue weighted by atomic mass is 35.5. The lowest BCUT2D eigenvalue weighted by molar-refractivity contribution is 0.277. The van der Waals surface area contributed by atoms with Crippen LogP contribution in [0.3, 0.4) is 0 Å². The zero-order valence-corrected chi connectivity index (χ0v) is 11.3. The molecule has 1 fully saturated rings. The Morgan fingerprint density at radius 1 is 1.47 bits per heavy atom. The summed E-state index contributed by atoms with van der Waals surface area (Å²) in [6.45, 7) is 2.98. The minimum absolute atomic E-state index is 0.179. The number of ether oxygens (including phenoxy) is 1. The van der Waals surface area contributed by atoms with Crippen molar-refractivity contribution in [3.8, 4) is 5.75 Å². The molecule has 0 bridgehead atoms. The first-order valence-corrected chi connectivity index (χ1v) is 6.49. The molecule has 0 aliphatic heterocycles. The van der Waals surface area contributed by atoms with Crippen LogP contribution in [0, 0.1) is 11.3 Å². The Kier molecular flexibility index (Phi) is 3.64. The molecule has 3 heteroatoms. The fourth-order valence-corrected chi connectivity index (χ4v) is 2.68. The Balaban J connectivity index is 2.24. The summed E-state index contributed by atoms with van der Waals surface area (Å²) in [7, 11) is 1.70. The predicted octanol–water partition coefficient (Wildman–Crippen LogP) is 3.27. The topological polar surface area (TPSA) is 35.2 Å². The second-order valence-electron chi connectivity index (χ2n) is 5.27. The first kappa shape index (κ1) is 12.7. The van der Waals surface area contributed by atoms with Gasteiger partial charge in [-0.25, -0.2) is 0 Å². The molecule has 2 rings (SSSR count). The molecule has 0 amide bonds. The van der Waals surface area contributed by atoms with E-state index in [1.807, 2.05) is 18.2 Å². The van der Waals surface area contributed by atoms with Crippen LogP contribution < -0.4 is 10.5 Å². The van der Waals surface area contributed by atoms with Gasteiger partial charge in [-0.05, 0) is 60.9 Å². The fourth-order valence-electron chi connectivity index (χ4n) is 2.48. The van der Waals surface area contributed by atoms with E-state index in [1.165, 1.54) is 18.4 Å². The van der Waals surface area contributed by atoms with Crippen molar-refractivity contribution >= 4 is 11.6 Å². The van der Waals surface area contributed by atoms with Gasteiger partial charge >= 0.3 is 0 Å². The highest BCUT2D eigenvalue weighted by Gasteiger charge is 2.40. The number of hydrogen-bond donors (Lipinski definition) is 1. The normalized spacial score (nSPS) is 18.8. The molecule has 0 saturated heterocycles. The molecule has 1 atom stereocenters. The summed E-state index contributed by atoms with van der Waals surface area (Å²) in [4.78, 5) is 0. The van der Waals surface area contributed by atoms with Gasteiger partial charge in [-0.2, -0.15) is 0 Å². The van der Waals surface area contributed by atoms with Gasteiger partial charge in [0.25, 0.3) is 0 Å². The van der Waals surface area contributed by atoms with Crippen LogP contribution in [0.1, 0.15) is 25.3 Å². The van der Waals surface area contributed by atoms with Crippen LogP contribution in [-0.2, 0) is 6.42 Å². The molecule has 2 nitrogen and oxygen atoms in total. The van der Waals surface area contributed by atoms with Crippen LogP contribution in [0.15, 0.2) is 18.2 Å². The Labute approximate surface area is 108 Å². The van der Waals surface area contributed by atoms with E-state index in [0.717, 1.165) is 23.1 Å². The lowest BCUT2D eigenvalue weighted by Gasteiger charge is -2.29. The van der Waals surface area contributed by atoms with Crippen molar-refractivity contribution < 1.29 is 4.74 Å². The van der Waals surface area contributed by atoms with Gasteiger partial charge in [0.15, 0.2) is 0 Å². The van der Waals surface area contributed by atoms with Gasteiger partial charge < -0.3 is 10.5 Å². The van der Waals surface area contributed by atoms with Crippen molar-refractivity contribution in [2.24, 2.45) is 17.1 Å². The quantitative estimate of drug-likeness (QED) is 0.874. The molecule has 1 aromatic carbocycles. The number of halogens is 1. The molecule has 1 saturated carbocycles. The average molecular weight is 254 g/mol. The number of hydrogen-bond acceptors (Lipinski definition) is 2. The monoisotopic (exact) mass is 253 g/mol. The van der Waals surface area contributed by atoms with E-state index in [2.05, 4.69) is 6.92 Å². The van der Waals surface area contributed by atoms with Gasteiger partial charge in [0.1, 0.15) is 5.75 Å². The Morgan fingerprint density at radius 2 is 2.18 bits per heavy atom. The van der Waals surface area contributed by atoms with Gasteiger partial charge in [0, 0.05) is 5.02 Å². The summed E-state index contributed by atoms with van der Waals surface area (Å²) in [6, 6.07) is 5.79. The van der Waals surface area contributed by atoms with Crippen LogP contribution in [0.25, 0.3) is 0 Å². The maximum absolute atomic E-state index is 6.05. The first-order valence-electron chi connectivity index (χ1n) is 6.11. The number of nitrogens with two attached hydrogens (primary N) is 1. The zero-order chi connectivity index (χ0) is 12.5. The minimum atomic E-state index is 0.179. The summed E-state index contributed by atoms with van der Waals surface area (Å²) >= 11 is 6.05. The summed E-state index contributed by atoms with van der Waals surface area (Å²) < 4.78 is 5.39. The van der Waals surface area contributed by atoms with Gasteiger partial charge in [-0.1, -0.05) is 18.5 Å². The van der Waals surface area contributed by atoms with Crippen LogP contribution >= 0.6 is 11.6 Å². The molecular formula is C14H20ClNO. The van der Waals surface area contributed by atoms with E-state index < -0.39 is 0 Å². The average Bonchev–Trinajstić information content (AvgIpc) is 3.13. The molecule has 0 aromatic heterocycles.